The molecule has 0 heterocycles. The molecule has 0 saturated carbocycles. The Morgan fingerprint density at radius 1 is 0.840 bits per heavy atom. The molecule has 0 atom stereocenters. The Labute approximate surface area is 138 Å². The molecule has 1 aliphatic carbocycles. The van der Waals surface area contributed by atoms with E-state index >= 15 is 0 Å². The van der Waals surface area contributed by atoms with Crippen molar-refractivity contribution in [3.05, 3.63) is 34.4 Å². The smallest absolute Gasteiger partial charge is 0.336 e. The monoisotopic (exact) mass is 360 g/mol. The minimum Gasteiger partial charge on any atom is -0.459 e. The predicted molar refractivity (Wildman–Crippen MR) is 73.9 cm³/mol. The Balaban J connectivity index is 2.84. The van der Waals surface area contributed by atoms with Crippen molar-refractivity contribution in [1.29, 1.82) is 0 Å². The molecule has 0 aliphatic heterocycles. The van der Waals surface area contributed by atoms with Gasteiger partial charge in [0.15, 0.2) is 40.6 Å². The number of hydrogen-bond acceptors (Lipinski definition) is 5. The summed E-state index contributed by atoms with van der Waals surface area (Å²) >= 11 is 0. The standard InChI is InChI=1S/C16H12F4O5/c1-5(21)16(14(24)25-15(2,3)4)12(22)6-7(13(16)23)9(18)11(20)10(19)8(6)17/h1-4H3. The fourth-order valence-electron chi connectivity index (χ4n) is 2.54. The van der Waals surface area contributed by atoms with Gasteiger partial charge in [-0.25, -0.2) is 22.4 Å². The van der Waals surface area contributed by atoms with Gasteiger partial charge in [-0.1, -0.05) is 0 Å². The molecule has 0 fully saturated rings. The number of esters is 1. The number of Topliss-reactive ketones (excluding diaryl/α,β-unsaturated/α-hetero) is 3. The summed E-state index contributed by atoms with van der Waals surface area (Å²) in [5.74, 6) is -15.6. The Morgan fingerprint density at radius 2 is 1.20 bits per heavy atom. The summed E-state index contributed by atoms with van der Waals surface area (Å²) in [6.07, 6.45) is 0. The molecule has 0 radical (unpaired) electrons. The van der Waals surface area contributed by atoms with Crippen LogP contribution in [0.2, 0.25) is 0 Å². The number of carbonyl (C=O) groups excluding carboxylic acids is 4. The summed E-state index contributed by atoms with van der Waals surface area (Å²) < 4.78 is 59.6. The van der Waals surface area contributed by atoms with Crippen LogP contribution in [0.15, 0.2) is 0 Å². The molecule has 0 aromatic heterocycles. The molecule has 5 nitrogen and oxygen atoms in total. The normalized spacial score (nSPS) is 16.0. The van der Waals surface area contributed by atoms with E-state index in [1.54, 1.807) is 0 Å². The zero-order valence-corrected chi connectivity index (χ0v) is 13.6. The van der Waals surface area contributed by atoms with Crippen molar-refractivity contribution in [2.75, 3.05) is 0 Å². The van der Waals surface area contributed by atoms with E-state index in [9.17, 15) is 36.7 Å². The van der Waals surface area contributed by atoms with Crippen LogP contribution in [0.5, 0.6) is 0 Å². The fourth-order valence-corrected chi connectivity index (χ4v) is 2.54. The van der Waals surface area contributed by atoms with Crippen molar-refractivity contribution < 1.29 is 41.5 Å². The van der Waals surface area contributed by atoms with E-state index in [1.807, 2.05) is 0 Å². The lowest BCUT2D eigenvalue weighted by atomic mass is 9.78. The Hall–Kier alpha value is -2.58. The topological polar surface area (TPSA) is 77.5 Å². The van der Waals surface area contributed by atoms with Crippen LogP contribution in [0.4, 0.5) is 17.6 Å². The molecule has 0 saturated heterocycles. The van der Waals surface area contributed by atoms with Gasteiger partial charge in [0.1, 0.15) is 5.60 Å². The summed E-state index contributed by atoms with van der Waals surface area (Å²) in [6, 6.07) is 0. The van der Waals surface area contributed by atoms with Crippen molar-refractivity contribution in [1.82, 2.24) is 0 Å². The van der Waals surface area contributed by atoms with Gasteiger partial charge in [-0.3, -0.25) is 14.4 Å². The number of halogens is 4. The van der Waals surface area contributed by atoms with Gasteiger partial charge in [-0.2, -0.15) is 0 Å². The third kappa shape index (κ3) is 2.37. The van der Waals surface area contributed by atoms with Gasteiger partial charge in [0, 0.05) is 0 Å². The van der Waals surface area contributed by atoms with Gasteiger partial charge < -0.3 is 4.74 Å². The number of ketones is 3. The molecule has 0 bridgehead atoms. The molecule has 0 amide bonds. The Morgan fingerprint density at radius 3 is 1.48 bits per heavy atom. The minimum absolute atomic E-state index is 0.661. The average Bonchev–Trinajstić information content (AvgIpc) is 2.70. The quantitative estimate of drug-likeness (QED) is 0.266. The second-order valence-corrected chi connectivity index (χ2v) is 6.47. The van der Waals surface area contributed by atoms with Crippen LogP contribution < -0.4 is 0 Å². The third-order valence-electron chi connectivity index (χ3n) is 3.64. The van der Waals surface area contributed by atoms with Crippen LogP contribution in [0.1, 0.15) is 48.4 Å². The summed E-state index contributed by atoms with van der Waals surface area (Å²) in [4.78, 5) is 49.4. The van der Waals surface area contributed by atoms with Crippen molar-refractivity contribution >= 4 is 23.3 Å². The molecule has 25 heavy (non-hydrogen) atoms. The molecule has 1 aromatic rings. The number of benzene rings is 1. The van der Waals surface area contributed by atoms with E-state index < -0.39 is 68.7 Å². The van der Waals surface area contributed by atoms with E-state index in [2.05, 4.69) is 0 Å². The van der Waals surface area contributed by atoms with Crippen molar-refractivity contribution in [2.45, 2.75) is 33.3 Å². The number of ether oxygens (including phenoxy) is 1. The predicted octanol–water partition coefficient (Wildman–Crippen LogP) is 2.54. The van der Waals surface area contributed by atoms with Gasteiger partial charge in [0.05, 0.1) is 11.1 Å². The SMILES string of the molecule is CC(=O)C1(C(=O)OC(C)(C)C)C(=O)c2c(F)c(F)c(F)c(F)c2C1=O. The van der Waals surface area contributed by atoms with Crippen molar-refractivity contribution in [3.63, 3.8) is 0 Å². The maximum absolute atomic E-state index is 14.0. The van der Waals surface area contributed by atoms with Crippen LogP contribution in [-0.2, 0) is 14.3 Å². The lowest BCUT2D eigenvalue weighted by Crippen LogP contribution is -2.50. The van der Waals surface area contributed by atoms with Crippen LogP contribution >= 0.6 is 0 Å². The number of carbonyl (C=O) groups is 4. The largest absolute Gasteiger partial charge is 0.459 e. The van der Waals surface area contributed by atoms with E-state index in [4.69, 9.17) is 4.74 Å². The van der Waals surface area contributed by atoms with Crippen LogP contribution in [0.3, 0.4) is 0 Å². The molecular weight excluding hydrogens is 348 g/mol. The van der Waals surface area contributed by atoms with E-state index in [1.165, 1.54) is 20.8 Å². The number of fused-ring (bicyclic) bond motifs is 1. The average molecular weight is 360 g/mol. The highest BCUT2D eigenvalue weighted by Crippen LogP contribution is 2.43. The molecule has 1 aliphatic rings. The highest BCUT2D eigenvalue weighted by atomic mass is 19.2. The van der Waals surface area contributed by atoms with Crippen molar-refractivity contribution in [3.8, 4) is 0 Å². The maximum Gasteiger partial charge on any atom is 0.336 e. The van der Waals surface area contributed by atoms with E-state index in [-0.39, 0.29) is 0 Å². The molecule has 2 rings (SSSR count). The summed E-state index contributed by atoms with van der Waals surface area (Å²) in [7, 11) is 0. The second kappa shape index (κ2) is 5.47. The zero-order chi connectivity index (χ0) is 19.5. The molecule has 134 valence electrons. The van der Waals surface area contributed by atoms with Crippen LogP contribution in [0.25, 0.3) is 0 Å². The first-order valence-electron chi connectivity index (χ1n) is 6.98. The molecule has 0 unspecified atom stereocenters. The van der Waals surface area contributed by atoms with Crippen LogP contribution in [0, 0.1) is 28.7 Å². The lowest BCUT2D eigenvalue weighted by molar-refractivity contribution is -0.163. The summed E-state index contributed by atoms with van der Waals surface area (Å²) in [6.45, 7) is 4.73. The van der Waals surface area contributed by atoms with Gasteiger partial charge in [0.25, 0.3) is 5.41 Å². The Kier molecular flexibility index (Phi) is 4.10. The number of rotatable bonds is 2. The minimum atomic E-state index is -3.24. The Bertz CT molecular complexity index is 804. The van der Waals surface area contributed by atoms with Gasteiger partial charge in [0.2, 0.25) is 0 Å². The molecule has 0 N–H and O–H groups in total. The van der Waals surface area contributed by atoms with Crippen LogP contribution in [-0.4, -0.2) is 28.9 Å². The first-order valence-corrected chi connectivity index (χ1v) is 6.98. The zero-order valence-electron chi connectivity index (χ0n) is 13.6. The molecule has 9 heteroatoms. The van der Waals surface area contributed by atoms with Gasteiger partial charge in [-0.15, -0.1) is 0 Å². The van der Waals surface area contributed by atoms with Gasteiger partial charge in [-0.05, 0) is 27.7 Å². The summed E-state index contributed by atoms with van der Waals surface area (Å²) in [5, 5.41) is 0. The molecule has 0 spiro atoms. The fraction of sp³-hybridized carbons (Fsp3) is 0.375. The van der Waals surface area contributed by atoms with E-state index in [0.717, 1.165) is 0 Å². The van der Waals surface area contributed by atoms with Crippen molar-refractivity contribution in [2.24, 2.45) is 5.41 Å². The number of hydrogen-bond donors (Lipinski definition) is 0. The maximum atomic E-state index is 14.0. The van der Waals surface area contributed by atoms with Gasteiger partial charge >= 0.3 is 5.97 Å². The molecule has 1 aromatic carbocycles. The van der Waals surface area contributed by atoms with E-state index in [0.29, 0.717) is 6.92 Å². The highest BCUT2D eigenvalue weighted by molar-refractivity contribution is 6.48. The highest BCUT2D eigenvalue weighted by Gasteiger charge is 2.66. The second-order valence-electron chi connectivity index (χ2n) is 6.47. The molecular formula is C16H12F4O5. The lowest BCUT2D eigenvalue weighted by Gasteiger charge is -2.26. The first kappa shape index (κ1) is 18.8. The summed E-state index contributed by atoms with van der Waals surface area (Å²) in [5.41, 5.74) is -7.47. The first-order chi connectivity index (χ1) is 11.3. The third-order valence-corrected chi connectivity index (χ3v) is 3.64.